The van der Waals surface area contributed by atoms with Gasteiger partial charge in [-0.1, -0.05) is 83.1 Å². The van der Waals surface area contributed by atoms with Crippen LogP contribution in [0.5, 0.6) is 0 Å². The zero-order chi connectivity index (χ0) is 79.4. The summed E-state index contributed by atoms with van der Waals surface area (Å²) in [4.78, 5) is 98.7. The highest BCUT2D eigenvalue weighted by Crippen LogP contribution is 2.63. The Kier molecular flexibility index (Phi) is 32.8. The standard InChI is InChI=1S/2C21H34O4.C20H32O4.C19H30O4.4C2H6/c1-7-19(2,3)17(22)24-20(4,5)18(23)25-21(6)15-9-13-8-14(11-15)12-16(21)10-13;1-5-20(2,3)19(23)24-8-6-7-18(22)25-21(4)16-10-14-9-15(12-16)13-17(21)11-14;1-6-19(3,4)18(22)23-12(2)17(21)24-20(5)15-8-13-7-14(10-15)11-16(20)9-13;1-5-18(2,3)17(21)22-11-16(20)23-19(4)14-7-12-6-13(9-14)10-15(19)8-12;4*1-2/h13-16H,7-12H2,1-6H3;14-17H,5-13H2,1-4H3;12-16H,6-11H2,1-5H3;12-15H,5-11H2,1-4H3;4*1-2H3. The third kappa shape index (κ3) is 21.5. The molecule has 0 aromatic heterocycles. The summed E-state index contributed by atoms with van der Waals surface area (Å²) in [5.41, 5.74) is -4.78. The van der Waals surface area contributed by atoms with Crippen molar-refractivity contribution in [3.05, 3.63) is 0 Å². The summed E-state index contributed by atoms with van der Waals surface area (Å²) >= 11 is 0. The molecule has 0 saturated heterocycles. The van der Waals surface area contributed by atoms with Crippen molar-refractivity contribution in [2.24, 2.45) is 116 Å². The molecule has 16 bridgehead atoms. The lowest BCUT2D eigenvalue weighted by Crippen LogP contribution is -2.59. The molecule has 16 saturated carbocycles. The van der Waals surface area contributed by atoms with Crippen LogP contribution in [0.25, 0.3) is 0 Å². The van der Waals surface area contributed by atoms with Gasteiger partial charge in [-0.25, -0.2) is 14.4 Å². The first-order valence-corrected chi connectivity index (χ1v) is 42.8. The average molecular weight is 1480 g/mol. The van der Waals surface area contributed by atoms with E-state index < -0.39 is 44.9 Å². The molecule has 0 radical (unpaired) electrons. The average Bonchev–Trinajstić information content (AvgIpc) is 0.753. The first kappa shape index (κ1) is 91.4. The second kappa shape index (κ2) is 37.6. The molecule has 16 nitrogen and oxygen atoms in total. The van der Waals surface area contributed by atoms with Crippen LogP contribution < -0.4 is 0 Å². The monoisotopic (exact) mass is 1480 g/mol. The van der Waals surface area contributed by atoms with Gasteiger partial charge in [0, 0.05) is 6.42 Å². The lowest BCUT2D eigenvalue weighted by atomic mass is 9.50. The molecule has 16 aliphatic rings. The summed E-state index contributed by atoms with van der Waals surface area (Å²) < 4.78 is 45.5. The minimum atomic E-state index is -1.25. The van der Waals surface area contributed by atoms with E-state index in [4.69, 9.17) is 37.9 Å². The van der Waals surface area contributed by atoms with Gasteiger partial charge < -0.3 is 37.9 Å². The van der Waals surface area contributed by atoms with E-state index in [1.807, 2.05) is 138 Å². The van der Waals surface area contributed by atoms with Gasteiger partial charge in [-0.15, -0.1) is 0 Å². The highest BCUT2D eigenvalue weighted by molar-refractivity contribution is 5.85. The van der Waals surface area contributed by atoms with E-state index in [0.29, 0.717) is 86.1 Å². The van der Waals surface area contributed by atoms with Crippen molar-refractivity contribution in [1.29, 1.82) is 0 Å². The van der Waals surface area contributed by atoms with Crippen LogP contribution in [0.15, 0.2) is 0 Å². The number of ether oxygens (including phenoxy) is 8. The van der Waals surface area contributed by atoms with Gasteiger partial charge in [0.25, 0.3) is 0 Å². The maximum absolute atomic E-state index is 12.9. The number of hydrogen-bond donors (Lipinski definition) is 0. The van der Waals surface area contributed by atoms with E-state index in [2.05, 4.69) is 27.7 Å². The zero-order valence-electron chi connectivity index (χ0n) is 71.6. The molecular weight excluding hydrogens is 1320 g/mol. The Labute approximate surface area is 638 Å². The maximum Gasteiger partial charge on any atom is 0.350 e. The Morgan fingerprint density at radius 2 is 0.590 bits per heavy atom. The van der Waals surface area contributed by atoms with Crippen molar-refractivity contribution in [3.8, 4) is 0 Å². The van der Waals surface area contributed by atoms with Crippen molar-refractivity contribution in [3.63, 3.8) is 0 Å². The molecule has 0 aliphatic heterocycles. The molecule has 0 aromatic rings. The molecule has 0 heterocycles. The maximum atomic E-state index is 12.9. The molecule has 16 fully saturated rings. The lowest BCUT2D eigenvalue weighted by molar-refractivity contribution is -0.221. The summed E-state index contributed by atoms with van der Waals surface area (Å²) in [6.07, 6.45) is 27.5. The third-order valence-corrected chi connectivity index (χ3v) is 28.6. The fourth-order valence-corrected chi connectivity index (χ4v) is 20.6. The number of carbonyl (C=O) groups excluding carboxylic acids is 8. The second-order valence-corrected chi connectivity index (χ2v) is 37.4. The topological polar surface area (TPSA) is 210 Å². The quantitative estimate of drug-likeness (QED) is 0.0560. The van der Waals surface area contributed by atoms with Crippen LogP contribution in [-0.4, -0.2) is 95.1 Å². The molecule has 0 spiro atoms. The van der Waals surface area contributed by atoms with Crippen LogP contribution in [0, 0.1) is 116 Å². The van der Waals surface area contributed by atoms with Gasteiger partial charge in [0.05, 0.1) is 28.3 Å². The number of carbonyl (C=O) groups is 8. The van der Waals surface area contributed by atoms with Gasteiger partial charge in [-0.3, -0.25) is 24.0 Å². The molecule has 105 heavy (non-hydrogen) atoms. The normalized spacial score (nSPS) is 35.0. The van der Waals surface area contributed by atoms with Crippen molar-refractivity contribution in [1.82, 2.24) is 0 Å². The number of rotatable bonds is 22. The van der Waals surface area contributed by atoms with E-state index in [1.54, 1.807) is 20.8 Å². The molecule has 16 rings (SSSR count). The molecule has 0 aromatic carbocycles. The van der Waals surface area contributed by atoms with Crippen molar-refractivity contribution in [2.45, 2.75) is 388 Å². The summed E-state index contributed by atoms with van der Waals surface area (Å²) in [7, 11) is 0. The highest BCUT2D eigenvalue weighted by atomic mass is 16.6. The summed E-state index contributed by atoms with van der Waals surface area (Å²) in [6, 6.07) is 0. The van der Waals surface area contributed by atoms with Gasteiger partial charge in [0.1, 0.15) is 22.4 Å². The van der Waals surface area contributed by atoms with E-state index in [9.17, 15) is 38.4 Å². The third-order valence-electron chi connectivity index (χ3n) is 28.6. The predicted octanol–water partition coefficient (Wildman–Crippen LogP) is 20.9. The van der Waals surface area contributed by atoms with Crippen LogP contribution in [0.4, 0.5) is 0 Å². The first-order valence-electron chi connectivity index (χ1n) is 42.8. The van der Waals surface area contributed by atoms with E-state index in [-0.39, 0.29) is 65.2 Å². The summed E-state index contributed by atoms with van der Waals surface area (Å²) in [5.74, 6) is 8.23. The van der Waals surface area contributed by atoms with Gasteiger partial charge in [-0.05, 0) is 359 Å². The molecule has 16 aliphatic carbocycles. The van der Waals surface area contributed by atoms with Crippen LogP contribution in [0.1, 0.15) is 354 Å². The molecular formula is C89H154O16. The molecule has 16 heteroatoms. The van der Waals surface area contributed by atoms with Crippen LogP contribution in [0.3, 0.4) is 0 Å². The van der Waals surface area contributed by atoms with Gasteiger partial charge in [0.2, 0.25) is 5.60 Å². The molecule has 1 unspecified atom stereocenters. The van der Waals surface area contributed by atoms with E-state index in [1.165, 1.54) is 128 Å². The Morgan fingerprint density at radius 1 is 0.333 bits per heavy atom. The van der Waals surface area contributed by atoms with Crippen LogP contribution in [-0.2, 0) is 76.3 Å². The fraction of sp³-hybridized carbons (Fsp3) is 0.910. The molecule has 0 amide bonds. The number of esters is 8. The zero-order valence-corrected chi connectivity index (χ0v) is 71.6. The van der Waals surface area contributed by atoms with Crippen molar-refractivity contribution < 1.29 is 76.3 Å². The number of hydrogen-bond acceptors (Lipinski definition) is 16. The Balaban J connectivity index is 0.000000243. The molecule has 606 valence electrons. The Morgan fingerprint density at radius 3 is 0.895 bits per heavy atom. The van der Waals surface area contributed by atoms with E-state index in [0.717, 1.165) is 53.8 Å². The Bertz CT molecular complexity index is 2740. The summed E-state index contributed by atoms with van der Waals surface area (Å²) in [5, 5.41) is 0. The minimum absolute atomic E-state index is 0.124. The van der Waals surface area contributed by atoms with E-state index >= 15 is 0 Å². The first-order chi connectivity index (χ1) is 49.1. The highest BCUT2D eigenvalue weighted by Gasteiger charge is 2.62. The van der Waals surface area contributed by atoms with Gasteiger partial charge in [-0.2, -0.15) is 0 Å². The second-order valence-electron chi connectivity index (χ2n) is 37.4. The Hall–Kier alpha value is -4.24. The molecule has 0 N–H and O–H groups in total. The molecule has 1 atom stereocenters. The summed E-state index contributed by atoms with van der Waals surface area (Å²) in [6.45, 7) is 52.1. The van der Waals surface area contributed by atoms with Gasteiger partial charge in [0.15, 0.2) is 12.7 Å². The lowest BCUT2D eigenvalue weighted by Gasteiger charge is -2.59. The fourth-order valence-electron chi connectivity index (χ4n) is 20.6. The minimum Gasteiger partial charge on any atom is -0.465 e. The van der Waals surface area contributed by atoms with Crippen LogP contribution in [0.2, 0.25) is 0 Å². The predicted molar refractivity (Wildman–Crippen MR) is 415 cm³/mol. The van der Waals surface area contributed by atoms with Crippen molar-refractivity contribution in [2.75, 3.05) is 13.2 Å². The smallest absolute Gasteiger partial charge is 0.350 e. The van der Waals surface area contributed by atoms with Crippen LogP contribution >= 0.6 is 0 Å². The SMILES string of the molecule is CC.CC.CC.CC.CCC(C)(C)C(=O)OC(C)(C)C(=O)OC1(C)C2CC3CC(C2)CC1C3.CCC(C)(C)C(=O)OC(C)C(=O)OC1(C)C2CC3CC(C2)CC1C3.CCC(C)(C)C(=O)OCC(=O)OC1(C)C2CC3CC(C2)CC1C3.CCC(C)(C)C(=O)OCCCC(=O)OC1(C)C2CC3CC(C2)CC1C3. The van der Waals surface area contributed by atoms with Gasteiger partial charge >= 0.3 is 47.8 Å². The largest absolute Gasteiger partial charge is 0.465 e. The van der Waals surface area contributed by atoms with Crippen molar-refractivity contribution >= 4 is 47.8 Å².